The monoisotopic (exact) mass is 323 g/mol. The Hall–Kier alpha value is -1.76. The topological polar surface area (TPSA) is 58.0 Å². The maximum absolute atomic E-state index is 13.2. The Kier molecular flexibility index (Phi) is 4.01. The predicted molar refractivity (Wildman–Crippen MR) is 82.3 cm³/mol. The third-order valence-corrected chi connectivity index (χ3v) is 3.94. The first-order valence-electron chi connectivity index (χ1n) is 6.23. The van der Waals surface area contributed by atoms with E-state index in [-0.39, 0.29) is 12.4 Å². The van der Waals surface area contributed by atoms with Crippen molar-refractivity contribution in [2.24, 2.45) is 0 Å². The number of anilines is 1. The van der Waals surface area contributed by atoms with Crippen LogP contribution >= 0.6 is 23.3 Å². The Labute approximate surface area is 129 Å². The van der Waals surface area contributed by atoms with Gasteiger partial charge in [0.1, 0.15) is 16.9 Å². The number of aliphatic hydroxyl groups is 1. The number of rotatable bonds is 4. The number of halogens is 2. The molecule has 0 saturated carbocycles. The van der Waals surface area contributed by atoms with Crippen molar-refractivity contribution in [3.8, 4) is 0 Å². The standard InChI is InChI=1S/C14H11ClFN3OS/c15-10-4-5-11-14(19-21-18-11)13(10)17-7-12(20)8-2-1-3-9(16)6-8/h1-6,12,17,20H,7H2. The molecular formula is C14H11ClFN3OS. The summed E-state index contributed by atoms with van der Waals surface area (Å²) in [5.41, 5.74) is 2.53. The van der Waals surface area contributed by atoms with Crippen LogP contribution in [-0.4, -0.2) is 20.4 Å². The Morgan fingerprint density at radius 3 is 2.95 bits per heavy atom. The van der Waals surface area contributed by atoms with Crippen molar-refractivity contribution in [1.29, 1.82) is 0 Å². The van der Waals surface area contributed by atoms with E-state index in [0.29, 0.717) is 21.8 Å². The smallest absolute Gasteiger partial charge is 0.129 e. The largest absolute Gasteiger partial charge is 0.387 e. The van der Waals surface area contributed by atoms with Gasteiger partial charge >= 0.3 is 0 Å². The van der Waals surface area contributed by atoms with Gasteiger partial charge in [-0.15, -0.1) is 0 Å². The van der Waals surface area contributed by atoms with Crippen molar-refractivity contribution in [3.63, 3.8) is 0 Å². The molecule has 1 unspecified atom stereocenters. The summed E-state index contributed by atoms with van der Waals surface area (Å²) in [7, 11) is 0. The first-order chi connectivity index (χ1) is 10.1. The molecule has 3 rings (SSSR count). The molecule has 0 aliphatic carbocycles. The van der Waals surface area contributed by atoms with Crippen LogP contribution < -0.4 is 5.32 Å². The van der Waals surface area contributed by atoms with Gasteiger partial charge in [-0.1, -0.05) is 23.7 Å². The number of nitrogens with one attached hydrogen (secondary N) is 1. The molecule has 108 valence electrons. The Morgan fingerprint density at radius 2 is 2.14 bits per heavy atom. The van der Waals surface area contributed by atoms with Crippen LogP contribution in [0.4, 0.5) is 10.1 Å². The summed E-state index contributed by atoms with van der Waals surface area (Å²) >= 11 is 7.25. The van der Waals surface area contributed by atoms with E-state index < -0.39 is 6.10 Å². The summed E-state index contributed by atoms with van der Waals surface area (Å²) in [6, 6.07) is 9.38. The molecule has 21 heavy (non-hydrogen) atoms. The van der Waals surface area contributed by atoms with Gasteiger partial charge in [0.05, 0.1) is 28.5 Å². The second-order valence-electron chi connectivity index (χ2n) is 4.51. The van der Waals surface area contributed by atoms with Crippen molar-refractivity contribution in [3.05, 3.63) is 52.8 Å². The van der Waals surface area contributed by atoms with Crippen molar-refractivity contribution in [2.45, 2.75) is 6.10 Å². The normalized spacial score (nSPS) is 12.5. The van der Waals surface area contributed by atoms with E-state index in [4.69, 9.17) is 11.6 Å². The summed E-state index contributed by atoms with van der Waals surface area (Å²) in [5.74, 6) is -0.379. The molecule has 1 heterocycles. The molecule has 1 aromatic heterocycles. The van der Waals surface area contributed by atoms with Crippen LogP contribution in [0.15, 0.2) is 36.4 Å². The highest BCUT2D eigenvalue weighted by molar-refractivity contribution is 7.00. The lowest BCUT2D eigenvalue weighted by molar-refractivity contribution is 0.191. The molecular weight excluding hydrogens is 313 g/mol. The van der Waals surface area contributed by atoms with E-state index in [0.717, 1.165) is 17.2 Å². The minimum Gasteiger partial charge on any atom is -0.387 e. The minimum absolute atomic E-state index is 0.194. The molecule has 1 atom stereocenters. The quantitative estimate of drug-likeness (QED) is 0.769. The lowest BCUT2D eigenvalue weighted by atomic mass is 10.1. The number of aliphatic hydroxyl groups excluding tert-OH is 1. The number of nitrogens with zero attached hydrogens (tertiary/aromatic N) is 2. The van der Waals surface area contributed by atoms with Gasteiger partial charge in [0.2, 0.25) is 0 Å². The molecule has 2 aromatic carbocycles. The molecule has 0 aliphatic rings. The van der Waals surface area contributed by atoms with Gasteiger partial charge in [0.15, 0.2) is 0 Å². The van der Waals surface area contributed by atoms with E-state index in [9.17, 15) is 9.50 Å². The fourth-order valence-corrected chi connectivity index (χ4v) is 2.79. The van der Waals surface area contributed by atoms with E-state index in [1.54, 1.807) is 24.3 Å². The van der Waals surface area contributed by atoms with Gasteiger partial charge in [-0.25, -0.2) is 4.39 Å². The third kappa shape index (κ3) is 2.97. The van der Waals surface area contributed by atoms with Gasteiger partial charge in [-0.3, -0.25) is 0 Å². The van der Waals surface area contributed by atoms with Crippen LogP contribution in [0.5, 0.6) is 0 Å². The third-order valence-electron chi connectivity index (χ3n) is 3.08. The van der Waals surface area contributed by atoms with Gasteiger partial charge in [-0.2, -0.15) is 8.75 Å². The highest BCUT2D eigenvalue weighted by atomic mass is 35.5. The van der Waals surface area contributed by atoms with Crippen molar-refractivity contribution < 1.29 is 9.50 Å². The SMILES string of the molecule is OC(CNc1c(Cl)ccc2nsnc12)c1cccc(F)c1. The summed E-state index contributed by atoms with van der Waals surface area (Å²) in [6.07, 6.45) is -0.849. The molecule has 4 nitrogen and oxygen atoms in total. The first kappa shape index (κ1) is 14.2. The van der Waals surface area contributed by atoms with Gasteiger partial charge in [-0.05, 0) is 29.8 Å². The first-order valence-corrected chi connectivity index (χ1v) is 7.34. The minimum atomic E-state index is -0.849. The molecule has 0 aliphatic heterocycles. The number of benzene rings is 2. The van der Waals surface area contributed by atoms with Gasteiger partial charge in [0, 0.05) is 6.54 Å². The number of aromatic nitrogens is 2. The molecule has 0 spiro atoms. The highest BCUT2D eigenvalue weighted by Gasteiger charge is 2.13. The average molecular weight is 324 g/mol. The fourth-order valence-electron chi connectivity index (χ4n) is 2.03. The molecule has 0 fully saturated rings. The summed E-state index contributed by atoms with van der Waals surface area (Å²) in [4.78, 5) is 0. The van der Waals surface area contributed by atoms with Gasteiger partial charge in [0.25, 0.3) is 0 Å². The fraction of sp³-hybridized carbons (Fsp3) is 0.143. The van der Waals surface area contributed by atoms with Crippen LogP contribution in [0.2, 0.25) is 5.02 Å². The zero-order valence-electron chi connectivity index (χ0n) is 10.8. The molecule has 2 N–H and O–H groups in total. The zero-order valence-corrected chi connectivity index (χ0v) is 12.3. The lowest BCUT2D eigenvalue weighted by Gasteiger charge is -2.14. The maximum Gasteiger partial charge on any atom is 0.129 e. The van der Waals surface area contributed by atoms with E-state index in [1.165, 1.54) is 12.1 Å². The second-order valence-corrected chi connectivity index (χ2v) is 5.44. The van der Waals surface area contributed by atoms with Crippen molar-refractivity contribution >= 4 is 40.0 Å². The van der Waals surface area contributed by atoms with Gasteiger partial charge < -0.3 is 10.4 Å². The zero-order chi connectivity index (χ0) is 14.8. The van der Waals surface area contributed by atoms with Crippen LogP contribution in [0.1, 0.15) is 11.7 Å². The molecule has 7 heteroatoms. The summed E-state index contributed by atoms with van der Waals surface area (Å²) < 4.78 is 21.5. The Balaban J connectivity index is 1.80. The van der Waals surface area contributed by atoms with E-state index >= 15 is 0 Å². The van der Waals surface area contributed by atoms with Crippen molar-refractivity contribution in [1.82, 2.24) is 8.75 Å². The summed E-state index contributed by atoms with van der Waals surface area (Å²) in [5, 5.41) is 13.7. The Bertz CT molecular complexity index is 780. The van der Waals surface area contributed by atoms with E-state index in [1.807, 2.05) is 0 Å². The molecule has 3 aromatic rings. The molecule has 0 saturated heterocycles. The van der Waals surface area contributed by atoms with Crippen LogP contribution in [0, 0.1) is 5.82 Å². The lowest BCUT2D eigenvalue weighted by Crippen LogP contribution is -2.12. The maximum atomic E-state index is 13.2. The van der Waals surface area contributed by atoms with Crippen LogP contribution in [-0.2, 0) is 0 Å². The van der Waals surface area contributed by atoms with Crippen molar-refractivity contribution in [2.75, 3.05) is 11.9 Å². The molecule has 0 radical (unpaired) electrons. The van der Waals surface area contributed by atoms with E-state index in [2.05, 4.69) is 14.1 Å². The average Bonchev–Trinajstić information content (AvgIpc) is 2.94. The Morgan fingerprint density at radius 1 is 1.29 bits per heavy atom. The van der Waals surface area contributed by atoms with Crippen LogP contribution in [0.25, 0.3) is 11.0 Å². The van der Waals surface area contributed by atoms with Crippen LogP contribution in [0.3, 0.4) is 0 Å². The predicted octanol–water partition coefficient (Wildman–Crippen LogP) is 3.63. The highest BCUT2D eigenvalue weighted by Crippen LogP contribution is 2.30. The number of hydrogen-bond acceptors (Lipinski definition) is 5. The summed E-state index contributed by atoms with van der Waals surface area (Å²) in [6.45, 7) is 0.194. The second kappa shape index (κ2) is 5.93. The number of hydrogen-bond donors (Lipinski definition) is 2. The molecule has 0 amide bonds. The molecule has 0 bridgehead atoms. The number of fused-ring (bicyclic) bond motifs is 1.